The fourth-order valence-corrected chi connectivity index (χ4v) is 0.947. The van der Waals surface area contributed by atoms with Crippen molar-refractivity contribution in [3.63, 3.8) is 0 Å². The molecule has 0 heterocycles. The van der Waals surface area contributed by atoms with Crippen LogP contribution in [0.15, 0.2) is 24.3 Å². The van der Waals surface area contributed by atoms with Gasteiger partial charge in [0.1, 0.15) is 5.68 Å². The fourth-order valence-electron chi connectivity index (χ4n) is 0.947. The topological polar surface area (TPSA) is 57.5 Å². The zero-order valence-electron chi connectivity index (χ0n) is 6.27. The average Bonchev–Trinajstić information content (AvgIpc) is 2.04. The minimum Gasteiger partial charge on any atom is -0.423 e. The zero-order valence-corrected chi connectivity index (χ0v) is 6.27. The molecule has 0 aromatic heterocycles. The van der Waals surface area contributed by atoms with Crippen molar-refractivity contribution in [3.05, 3.63) is 29.8 Å². The van der Waals surface area contributed by atoms with Crippen molar-refractivity contribution in [3.8, 4) is 0 Å². The van der Waals surface area contributed by atoms with E-state index in [0.29, 0.717) is 0 Å². The molecule has 0 fully saturated rings. The number of hydrogen-bond acceptors (Lipinski definition) is 3. The van der Waals surface area contributed by atoms with Gasteiger partial charge in [0.25, 0.3) is 0 Å². The van der Waals surface area contributed by atoms with Crippen LogP contribution in [0.25, 0.3) is 0 Å². The second-order valence-electron chi connectivity index (χ2n) is 2.33. The SMILES string of the molecule is [B]C(=O)c1ccccc1B(O)O. The van der Waals surface area contributed by atoms with Crippen LogP contribution in [0.2, 0.25) is 0 Å². The monoisotopic (exact) mass is 160 g/mol. The smallest absolute Gasteiger partial charge is 0.423 e. The maximum absolute atomic E-state index is 10.7. The molecular formula is C7H6B2O3. The summed E-state index contributed by atoms with van der Waals surface area (Å²) in [6.07, 6.45) is 0. The first-order chi connectivity index (χ1) is 5.63. The molecule has 0 aliphatic heterocycles. The molecule has 0 aliphatic rings. The molecule has 2 N–H and O–H groups in total. The van der Waals surface area contributed by atoms with Crippen LogP contribution in [0.4, 0.5) is 0 Å². The van der Waals surface area contributed by atoms with Crippen LogP contribution in [0, 0.1) is 0 Å². The van der Waals surface area contributed by atoms with Crippen molar-refractivity contribution in [1.82, 2.24) is 0 Å². The molecule has 5 heteroatoms. The molecule has 0 amide bonds. The van der Waals surface area contributed by atoms with E-state index in [1.165, 1.54) is 12.1 Å². The number of carbonyl (C=O) groups excluding carboxylic acids is 1. The third-order valence-electron chi connectivity index (χ3n) is 1.50. The number of rotatable bonds is 2. The van der Waals surface area contributed by atoms with Crippen LogP contribution in [0.5, 0.6) is 0 Å². The van der Waals surface area contributed by atoms with Crippen LogP contribution in [0.3, 0.4) is 0 Å². The summed E-state index contributed by atoms with van der Waals surface area (Å²) in [7, 11) is 3.33. The Balaban J connectivity index is 3.17. The lowest BCUT2D eigenvalue weighted by Gasteiger charge is -2.04. The number of benzene rings is 1. The molecule has 0 spiro atoms. The van der Waals surface area contributed by atoms with Gasteiger partial charge in [0.05, 0.1) is 0 Å². The average molecular weight is 160 g/mol. The van der Waals surface area contributed by atoms with Crippen LogP contribution >= 0.6 is 0 Å². The fraction of sp³-hybridized carbons (Fsp3) is 0. The van der Waals surface area contributed by atoms with Crippen molar-refractivity contribution in [2.75, 3.05) is 0 Å². The predicted molar refractivity (Wildman–Crippen MR) is 46.4 cm³/mol. The van der Waals surface area contributed by atoms with Crippen LogP contribution in [0.1, 0.15) is 10.4 Å². The quantitative estimate of drug-likeness (QED) is 0.527. The molecule has 0 saturated heterocycles. The van der Waals surface area contributed by atoms with Crippen molar-refractivity contribution in [2.45, 2.75) is 0 Å². The number of hydrogen-bond donors (Lipinski definition) is 2. The van der Waals surface area contributed by atoms with Gasteiger partial charge >= 0.3 is 7.12 Å². The van der Waals surface area contributed by atoms with E-state index in [-0.39, 0.29) is 11.0 Å². The normalized spacial score (nSPS) is 9.50. The van der Waals surface area contributed by atoms with Crippen molar-refractivity contribution in [1.29, 1.82) is 0 Å². The second-order valence-corrected chi connectivity index (χ2v) is 2.33. The molecule has 1 aromatic carbocycles. The van der Waals surface area contributed by atoms with Crippen molar-refractivity contribution < 1.29 is 14.8 Å². The summed E-state index contributed by atoms with van der Waals surface area (Å²) in [5.74, 6) is 0. The van der Waals surface area contributed by atoms with Gasteiger partial charge < -0.3 is 14.8 Å². The Morgan fingerprint density at radius 3 is 2.33 bits per heavy atom. The molecule has 0 atom stereocenters. The molecule has 1 aromatic rings. The zero-order chi connectivity index (χ0) is 9.14. The maximum Gasteiger partial charge on any atom is 0.489 e. The maximum atomic E-state index is 10.7. The Hall–Kier alpha value is -1.06. The molecule has 0 aliphatic carbocycles. The highest BCUT2D eigenvalue weighted by Crippen LogP contribution is 1.95. The third kappa shape index (κ3) is 1.75. The van der Waals surface area contributed by atoms with Gasteiger partial charge in [-0.25, -0.2) is 0 Å². The molecule has 0 unspecified atom stereocenters. The Kier molecular flexibility index (Phi) is 2.68. The summed E-state index contributed by atoms with van der Waals surface area (Å²) in [5.41, 5.74) is -0.406. The summed E-state index contributed by atoms with van der Waals surface area (Å²) < 4.78 is 0. The molecule has 0 bridgehead atoms. The van der Waals surface area contributed by atoms with E-state index in [9.17, 15) is 4.79 Å². The van der Waals surface area contributed by atoms with E-state index in [0.717, 1.165) is 0 Å². The molecule has 1 rings (SSSR count). The minimum atomic E-state index is -1.66. The van der Waals surface area contributed by atoms with E-state index in [4.69, 9.17) is 17.9 Å². The van der Waals surface area contributed by atoms with Gasteiger partial charge in [-0.05, 0) is 5.46 Å². The largest absolute Gasteiger partial charge is 0.489 e. The van der Waals surface area contributed by atoms with E-state index < -0.39 is 12.8 Å². The lowest BCUT2D eigenvalue weighted by Crippen LogP contribution is -2.34. The molecule has 12 heavy (non-hydrogen) atoms. The summed E-state index contributed by atoms with van der Waals surface area (Å²) in [4.78, 5) is 10.7. The highest BCUT2D eigenvalue weighted by atomic mass is 16.4. The van der Waals surface area contributed by atoms with Gasteiger partial charge in [-0.15, -0.1) is 0 Å². The van der Waals surface area contributed by atoms with Crippen LogP contribution in [-0.4, -0.2) is 30.7 Å². The third-order valence-corrected chi connectivity index (χ3v) is 1.50. The van der Waals surface area contributed by atoms with Crippen LogP contribution < -0.4 is 5.46 Å². The Labute approximate surface area is 71.6 Å². The van der Waals surface area contributed by atoms with Gasteiger partial charge in [-0.2, -0.15) is 0 Å². The van der Waals surface area contributed by atoms with Gasteiger partial charge in [-0.3, -0.25) is 0 Å². The first kappa shape index (κ1) is 9.03. The molecule has 3 nitrogen and oxygen atoms in total. The Morgan fingerprint density at radius 2 is 1.92 bits per heavy atom. The van der Waals surface area contributed by atoms with E-state index in [1.54, 1.807) is 12.1 Å². The number of carbonyl (C=O) groups is 1. The van der Waals surface area contributed by atoms with Gasteiger partial charge in [-0.1, -0.05) is 24.3 Å². The first-order valence-electron chi connectivity index (χ1n) is 3.38. The summed E-state index contributed by atoms with van der Waals surface area (Å²) >= 11 is 0. The summed E-state index contributed by atoms with van der Waals surface area (Å²) in [6, 6.07) is 6.08. The molecule has 2 radical (unpaired) electrons. The standard InChI is InChI=1S/C7H6B2O3/c8-7(10)5-3-1-2-4-6(5)9(11)12/h1-4,11-12H. The van der Waals surface area contributed by atoms with Gasteiger partial charge in [0, 0.05) is 5.56 Å². The highest BCUT2D eigenvalue weighted by molar-refractivity contribution is 6.68. The van der Waals surface area contributed by atoms with Crippen molar-refractivity contribution >= 4 is 26.1 Å². The van der Waals surface area contributed by atoms with Gasteiger partial charge in [0.15, 0.2) is 7.85 Å². The van der Waals surface area contributed by atoms with E-state index >= 15 is 0 Å². The summed E-state index contributed by atoms with van der Waals surface area (Å²) in [5, 5.41) is 17.6. The lowest BCUT2D eigenvalue weighted by atomic mass is 9.74. The van der Waals surface area contributed by atoms with E-state index in [1.807, 2.05) is 0 Å². The molecular weight excluding hydrogens is 154 g/mol. The lowest BCUT2D eigenvalue weighted by molar-refractivity contribution is 0.108. The first-order valence-corrected chi connectivity index (χ1v) is 3.38. The Morgan fingerprint density at radius 1 is 1.33 bits per heavy atom. The van der Waals surface area contributed by atoms with Gasteiger partial charge in [0.2, 0.25) is 0 Å². The Bertz CT molecular complexity index is 298. The molecule has 0 saturated carbocycles. The second kappa shape index (κ2) is 3.56. The minimum absolute atomic E-state index is 0.130. The predicted octanol–water partition coefficient (Wildman–Crippen LogP) is -1.32. The van der Waals surface area contributed by atoms with E-state index in [2.05, 4.69) is 0 Å². The summed E-state index contributed by atoms with van der Waals surface area (Å²) in [6.45, 7) is 0. The highest BCUT2D eigenvalue weighted by Gasteiger charge is 2.16. The van der Waals surface area contributed by atoms with Crippen molar-refractivity contribution in [2.24, 2.45) is 0 Å². The molecule has 58 valence electrons. The van der Waals surface area contributed by atoms with Crippen LogP contribution in [-0.2, 0) is 0 Å².